The van der Waals surface area contributed by atoms with Crippen LogP contribution in [0.25, 0.3) is 10.2 Å². The van der Waals surface area contributed by atoms with Gasteiger partial charge in [-0.2, -0.15) is 0 Å². The van der Waals surface area contributed by atoms with Gasteiger partial charge < -0.3 is 4.74 Å². The maximum Gasteiger partial charge on any atom is 0.303 e. The Morgan fingerprint density at radius 2 is 2.10 bits per heavy atom. The second-order valence-corrected chi connectivity index (χ2v) is 10.7. The van der Waals surface area contributed by atoms with Crippen LogP contribution in [0.2, 0.25) is 0 Å². The van der Waals surface area contributed by atoms with E-state index in [-0.39, 0.29) is 23.4 Å². The summed E-state index contributed by atoms with van der Waals surface area (Å²) < 4.78 is 6.79. The van der Waals surface area contributed by atoms with Crippen molar-refractivity contribution in [2.24, 2.45) is 23.2 Å². The number of carbonyl (C=O) groups excluding carboxylic acids is 2. The lowest BCUT2D eigenvalue weighted by molar-refractivity contribution is -0.147. The van der Waals surface area contributed by atoms with Gasteiger partial charge in [0.25, 0.3) is 0 Å². The third-order valence-electron chi connectivity index (χ3n) is 7.64. The monoisotopic (exact) mass is 427 g/mol. The number of Topliss-reactive ketones (excluding diaryl/α,β-unsaturated/α-hetero) is 1. The van der Waals surface area contributed by atoms with Gasteiger partial charge in [-0.1, -0.05) is 32.4 Å². The van der Waals surface area contributed by atoms with Crippen LogP contribution in [-0.2, 0) is 14.3 Å². The average Bonchev–Trinajstić information content (AvgIpc) is 3.28. The van der Waals surface area contributed by atoms with Gasteiger partial charge in [0.15, 0.2) is 6.10 Å². The smallest absolute Gasteiger partial charge is 0.303 e. The molecule has 0 bridgehead atoms. The van der Waals surface area contributed by atoms with Crippen LogP contribution in [-0.4, -0.2) is 16.7 Å². The van der Waals surface area contributed by atoms with Gasteiger partial charge in [-0.3, -0.25) is 9.59 Å². The lowest BCUT2D eigenvalue weighted by atomic mass is 9.62. The number of para-hydroxylation sites is 1. The number of nitrogens with zero attached hydrogens (tertiary/aromatic N) is 1. The number of fused-ring (bicyclic) bond motifs is 2. The van der Waals surface area contributed by atoms with Crippen molar-refractivity contribution in [2.45, 2.75) is 78.2 Å². The Morgan fingerprint density at radius 1 is 1.30 bits per heavy atom. The predicted molar refractivity (Wildman–Crippen MR) is 120 cm³/mol. The topological polar surface area (TPSA) is 56.3 Å². The van der Waals surface area contributed by atoms with Crippen LogP contribution >= 0.6 is 11.3 Å². The normalized spacial score (nSPS) is 28.3. The van der Waals surface area contributed by atoms with Gasteiger partial charge in [-0.25, -0.2) is 4.98 Å². The largest absolute Gasteiger partial charge is 0.455 e. The lowest BCUT2D eigenvalue weighted by Crippen LogP contribution is -2.39. The van der Waals surface area contributed by atoms with Crippen LogP contribution < -0.4 is 0 Å². The lowest BCUT2D eigenvalue weighted by Gasteiger charge is -2.42. The minimum atomic E-state index is -0.268. The van der Waals surface area contributed by atoms with Crippen molar-refractivity contribution in [2.75, 3.05) is 0 Å². The van der Waals surface area contributed by atoms with E-state index in [1.807, 2.05) is 18.2 Å². The molecule has 0 amide bonds. The first-order chi connectivity index (χ1) is 14.4. The molecule has 162 valence electrons. The number of ketones is 1. The number of benzene rings is 1. The summed E-state index contributed by atoms with van der Waals surface area (Å²) in [6.45, 7) is 6.20. The fourth-order valence-corrected chi connectivity index (χ4v) is 7.22. The molecule has 0 radical (unpaired) electrons. The SMILES string of the molecule is CC(=O)OC(CCCC(C)[C@H]1CC[C@H]2C(=O)CCC[C@]12C)c1nc2ccccc2s1. The van der Waals surface area contributed by atoms with E-state index < -0.39 is 0 Å². The van der Waals surface area contributed by atoms with E-state index in [2.05, 4.69) is 19.9 Å². The Hall–Kier alpha value is -1.75. The molecule has 4 nitrogen and oxygen atoms in total. The highest BCUT2D eigenvalue weighted by Crippen LogP contribution is 2.57. The fraction of sp³-hybridized carbons (Fsp3) is 0.640. The highest BCUT2D eigenvalue weighted by atomic mass is 32.1. The molecule has 2 saturated carbocycles. The minimum Gasteiger partial charge on any atom is -0.455 e. The molecule has 5 heteroatoms. The zero-order valence-electron chi connectivity index (χ0n) is 18.4. The molecule has 0 saturated heterocycles. The molecule has 4 rings (SSSR count). The number of esters is 1. The van der Waals surface area contributed by atoms with Crippen LogP contribution in [0.15, 0.2) is 24.3 Å². The predicted octanol–water partition coefficient (Wildman–Crippen LogP) is 6.49. The molecule has 0 aliphatic heterocycles. The number of rotatable bonds is 7. The zero-order valence-corrected chi connectivity index (χ0v) is 19.2. The van der Waals surface area contributed by atoms with Gasteiger partial charge in [0.05, 0.1) is 10.2 Å². The zero-order chi connectivity index (χ0) is 21.3. The van der Waals surface area contributed by atoms with Gasteiger partial charge in [0.2, 0.25) is 0 Å². The van der Waals surface area contributed by atoms with Gasteiger partial charge in [-0.15, -0.1) is 11.3 Å². The van der Waals surface area contributed by atoms with E-state index in [9.17, 15) is 9.59 Å². The highest BCUT2D eigenvalue weighted by Gasteiger charge is 2.52. The highest BCUT2D eigenvalue weighted by molar-refractivity contribution is 7.18. The summed E-state index contributed by atoms with van der Waals surface area (Å²) in [7, 11) is 0. The molecule has 2 unspecified atom stereocenters. The van der Waals surface area contributed by atoms with Crippen molar-refractivity contribution >= 4 is 33.3 Å². The van der Waals surface area contributed by atoms with E-state index in [1.165, 1.54) is 19.8 Å². The van der Waals surface area contributed by atoms with Gasteiger partial charge in [0, 0.05) is 19.3 Å². The van der Waals surface area contributed by atoms with Gasteiger partial charge in [-0.05, 0) is 67.9 Å². The van der Waals surface area contributed by atoms with Crippen LogP contribution in [0.4, 0.5) is 0 Å². The van der Waals surface area contributed by atoms with E-state index in [0.717, 1.165) is 53.7 Å². The molecule has 30 heavy (non-hydrogen) atoms. The molecule has 2 fully saturated rings. The molecular formula is C25H33NO3S. The molecule has 0 spiro atoms. The van der Waals surface area contributed by atoms with Crippen molar-refractivity contribution in [1.29, 1.82) is 0 Å². The summed E-state index contributed by atoms with van der Waals surface area (Å²) in [6.07, 6.45) is 7.93. The average molecular weight is 428 g/mol. The van der Waals surface area contributed by atoms with Crippen molar-refractivity contribution in [3.05, 3.63) is 29.3 Å². The van der Waals surface area contributed by atoms with Gasteiger partial charge >= 0.3 is 5.97 Å². The Bertz CT molecular complexity index is 889. The Kier molecular flexibility index (Phi) is 6.29. The number of hydrogen-bond donors (Lipinski definition) is 0. The number of thiazole rings is 1. The maximum absolute atomic E-state index is 12.4. The summed E-state index contributed by atoms with van der Waals surface area (Å²) in [4.78, 5) is 28.9. The van der Waals surface area contributed by atoms with Crippen molar-refractivity contribution in [1.82, 2.24) is 4.98 Å². The molecule has 2 aliphatic carbocycles. The molecular weight excluding hydrogens is 394 g/mol. The number of hydrogen-bond acceptors (Lipinski definition) is 5. The van der Waals surface area contributed by atoms with Gasteiger partial charge in [0.1, 0.15) is 10.8 Å². The molecule has 2 aliphatic rings. The second-order valence-electron chi connectivity index (χ2n) is 9.59. The van der Waals surface area contributed by atoms with Crippen LogP contribution in [0.3, 0.4) is 0 Å². The van der Waals surface area contributed by atoms with Crippen LogP contribution in [0.5, 0.6) is 0 Å². The van der Waals surface area contributed by atoms with Crippen LogP contribution in [0, 0.1) is 23.2 Å². The summed E-state index contributed by atoms with van der Waals surface area (Å²) >= 11 is 1.62. The molecule has 0 N–H and O–H groups in total. The molecule has 1 heterocycles. The van der Waals surface area contributed by atoms with E-state index in [4.69, 9.17) is 9.72 Å². The summed E-state index contributed by atoms with van der Waals surface area (Å²) in [6, 6.07) is 8.06. The quantitative estimate of drug-likeness (QED) is 0.474. The Morgan fingerprint density at radius 3 is 2.87 bits per heavy atom. The number of aromatic nitrogens is 1. The van der Waals surface area contributed by atoms with E-state index >= 15 is 0 Å². The fourth-order valence-electron chi connectivity index (χ4n) is 6.19. The first-order valence-electron chi connectivity index (χ1n) is 11.4. The first kappa shape index (κ1) is 21.5. The molecule has 5 atom stereocenters. The van der Waals surface area contributed by atoms with Crippen molar-refractivity contribution in [3.63, 3.8) is 0 Å². The summed E-state index contributed by atoms with van der Waals surface area (Å²) in [5.41, 5.74) is 1.16. The molecule has 1 aromatic heterocycles. The third-order valence-corrected chi connectivity index (χ3v) is 8.77. The Labute approximate surface area is 183 Å². The van der Waals surface area contributed by atoms with E-state index in [1.54, 1.807) is 11.3 Å². The second kappa shape index (κ2) is 8.78. The third kappa shape index (κ3) is 4.18. The van der Waals surface area contributed by atoms with Crippen molar-refractivity contribution in [3.8, 4) is 0 Å². The van der Waals surface area contributed by atoms with Crippen LogP contribution in [0.1, 0.15) is 83.2 Å². The Balaban J connectivity index is 1.39. The van der Waals surface area contributed by atoms with E-state index in [0.29, 0.717) is 17.6 Å². The standard InChI is InChI=1S/C25H33NO3S/c1-16(18-13-14-19-21(28)10-7-15-25(18,19)3)8-6-11-22(29-17(2)27)24-26-20-9-4-5-12-23(20)30-24/h4-5,9,12,16,18-19,22H,6-8,10-11,13-15H2,1-3H3/t16?,18-,19+,22?,25-/m1/s1. The number of ether oxygens (including phenoxy) is 1. The summed E-state index contributed by atoms with van der Waals surface area (Å²) in [5, 5.41) is 0.893. The first-order valence-corrected chi connectivity index (χ1v) is 12.3. The minimum absolute atomic E-state index is 0.192. The maximum atomic E-state index is 12.4. The van der Waals surface area contributed by atoms with Crippen molar-refractivity contribution < 1.29 is 14.3 Å². The summed E-state index contributed by atoms with van der Waals surface area (Å²) in [5.74, 6) is 1.75. The number of carbonyl (C=O) groups is 2. The molecule has 1 aromatic carbocycles. The molecule has 2 aromatic rings.